The molecule has 10 heavy (non-hydrogen) atoms. The summed E-state index contributed by atoms with van der Waals surface area (Å²) in [5, 5.41) is 0. The quantitative estimate of drug-likeness (QED) is 0.401. The zero-order valence-electron chi connectivity index (χ0n) is 6.89. The topological polar surface area (TPSA) is 0 Å². The summed E-state index contributed by atoms with van der Waals surface area (Å²) in [4.78, 5) is 0. The molecule has 54 valence electrons. The average Bonchev–Trinajstić information content (AvgIpc) is 1.89. The molecule has 0 saturated carbocycles. The van der Waals surface area contributed by atoms with Crippen LogP contribution in [0.2, 0.25) is 0 Å². The summed E-state index contributed by atoms with van der Waals surface area (Å²) in [6.07, 6.45) is 9.89. The van der Waals surface area contributed by atoms with Crippen molar-refractivity contribution in [3.05, 3.63) is 41.7 Å². The van der Waals surface area contributed by atoms with Crippen LogP contribution in [0.15, 0.2) is 41.7 Å². The summed E-state index contributed by atoms with van der Waals surface area (Å²) in [5.41, 5.74) is 4.26. The van der Waals surface area contributed by atoms with Crippen molar-refractivity contribution >= 4 is 0 Å². The molecule has 0 aliphatic heterocycles. The SMILES string of the molecule is CC=CC=C=C(C)C=CC. The number of rotatable bonds is 2. The highest BCUT2D eigenvalue weighted by molar-refractivity contribution is 5.16. The van der Waals surface area contributed by atoms with E-state index in [0.29, 0.717) is 0 Å². The molecule has 0 spiro atoms. The van der Waals surface area contributed by atoms with Gasteiger partial charge in [-0.2, -0.15) is 0 Å². The number of hydrogen-bond donors (Lipinski definition) is 0. The Morgan fingerprint density at radius 3 is 2.40 bits per heavy atom. The third-order valence-electron chi connectivity index (χ3n) is 1.02. The van der Waals surface area contributed by atoms with Crippen molar-refractivity contribution in [1.82, 2.24) is 0 Å². The molecule has 0 rings (SSSR count). The smallest absolute Gasteiger partial charge is 0.00947 e. The first-order valence-electron chi connectivity index (χ1n) is 3.48. The van der Waals surface area contributed by atoms with E-state index in [0.717, 1.165) is 5.57 Å². The van der Waals surface area contributed by atoms with Gasteiger partial charge in [-0.05, 0) is 32.4 Å². The van der Waals surface area contributed by atoms with Gasteiger partial charge in [-0.1, -0.05) is 24.3 Å². The first kappa shape index (κ1) is 9.00. The van der Waals surface area contributed by atoms with E-state index in [-0.39, 0.29) is 0 Å². The highest BCUT2D eigenvalue weighted by atomic mass is 13.8. The lowest BCUT2D eigenvalue weighted by Gasteiger charge is -1.79. The molecule has 0 heterocycles. The fraction of sp³-hybridized carbons (Fsp3) is 0.300. The van der Waals surface area contributed by atoms with Crippen LogP contribution in [0.1, 0.15) is 20.8 Å². The number of allylic oxidation sites excluding steroid dienone is 5. The first-order chi connectivity index (χ1) is 4.81. The molecule has 0 aromatic carbocycles. The molecular weight excluding hydrogens is 120 g/mol. The lowest BCUT2D eigenvalue weighted by atomic mass is 10.3. The Morgan fingerprint density at radius 2 is 1.90 bits per heavy atom. The Labute approximate surface area is 63.3 Å². The lowest BCUT2D eigenvalue weighted by molar-refractivity contribution is 1.52. The van der Waals surface area contributed by atoms with Gasteiger partial charge in [0.15, 0.2) is 0 Å². The number of hydrogen-bond acceptors (Lipinski definition) is 0. The van der Waals surface area contributed by atoms with Crippen molar-refractivity contribution in [2.24, 2.45) is 0 Å². The standard InChI is InChI=1S/C10H14/c1-4-6-7-9-10(3)8-5-2/h4-8H,1-3H3. The molecule has 0 unspecified atom stereocenters. The average molecular weight is 134 g/mol. The van der Waals surface area contributed by atoms with Crippen LogP contribution in [0, 0.1) is 0 Å². The summed E-state index contributed by atoms with van der Waals surface area (Å²) in [6, 6.07) is 0. The molecule has 0 aliphatic rings. The summed E-state index contributed by atoms with van der Waals surface area (Å²) in [7, 11) is 0. The van der Waals surface area contributed by atoms with Crippen molar-refractivity contribution in [1.29, 1.82) is 0 Å². The van der Waals surface area contributed by atoms with Gasteiger partial charge >= 0.3 is 0 Å². The normalized spacial score (nSPS) is 10.3. The van der Waals surface area contributed by atoms with Crippen molar-refractivity contribution < 1.29 is 0 Å². The predicted molar refractivity (Wildman–Crippen MR) is 46.9 cm³/mol. The summed E-state index contributed by atoms with van der Waals surface area (Å²) < 4.78 is 0. The molecule has 0 aliphatic carbocycles. The van der Waals surface area contributed by atoms with Crippen LogP contribution in [0.3, 0.4) is 0 Å². The fourth-order valence-corrected chi connectivity index (χ4v) is 0.574. The summed E-state index contributed by atoms with van der Waals surface area (Å²) in [5.74, 6) is 0. The van der Waals surface area contributed by atoms with E-state index in [1.807, 2.05) is 51.2 Å². The molecule has 0 nitrogen and oxygen atoms in total. The van der Waals surface area contributed by atoms with E-state index in [9.17, 15) is 0 Å². The van der Waals surface area contributed by atoms with Crippen LogP contribution in [0.25, 0.3) is 0 Å². The highest BCUT2D eigenvalue weighted by Gasteiger charge is 1.70. The van der Waals surface area contributed by atoms with Crippen molar-refractivity contribution in [3.8, 4) is 0 Å². The minimum absolute atomic E-state index is 1.15. The molecule has 0 amide bonds. The maximum atomic E-state index is 3.10. The van der Waals surface area contributed by atoms with Gasteiger partial charge in [0.2, 0.25) is 0 Å². The van der Waals surface area contributed by atoms with Gasteiger partial charge in [0.1, 0.15) is 0 Å². The van der Waals surface area contributed by atoms with Gasteiger partial charge in [-0.15, -0.1) is 5.73 Å². The second-order valence-corrected chi connectivity index (χ2v) is 2.02. The van der Waals surface area contributed by atoms with E-state index in [4.69, 9.17) is 0 Å². The van der Waals surface area contributed by atoms with E-state index in [1.54, 1.807) is 0 Å². The highest BCUT2D eigenvalue weighted by Crippen LogP contribution is 1.90. The predicted octanol–water partition coefficient (Wildman–Crippen LogP) is 3.24. The molecule has 0 fully saturated rings. The van der Waals surface area contributed by atoms with Gasteiger partial charge in [0.25, 0.3) is 0 Å². The minimum atomic E-state index is 1.15. The van der Waals surface area contributed by atoms with Gasteiger partial charge in [0.05, 0.1) is 0 Å². The van der Waals surface area contributed by atoms with Crippen LogP contribution >= 0.6 is 0 Å². The van der Waals surface area contributed by atoms with Crippen molar-refractivity contribution in [3.63, 3.8) is 0 Å². The van der Waals surface area contributed by atoms with E-state index >= 15 is 0 Å². The van der Waals surface area contributed by atoms with Crippen LogP contribution < -0.4 is 0 Å². The Bertz CT molecular complexity index is 186. The molecule has 0 radical (unpaired) electrons. The molecule has 0 aromatic rings. The fourth-order valence-electron chi connectivity index (χ4n) is 0.574. The molecule has 0 N–H and O–H groups in total. The second kappa shape index (κ2) is 6.12. The molecule has 0 saturated heterocycles. The van der Waals surface area contributed by atoms with Gasteiger partial charge in [-0.25, -0.2) is 0 Å². The molecule has 0 atom stereocenters. The Kier molecular flexibility index (Phi) is 5.51. The lowest BCUT2D eigenvalue weighted by Crippen LogP contribution is -1.59. The minimum Gasteiger partial charge on any atom is -0.118 e. The molecule has 0 bridgehead atoms. The zero-order chi connectivity index (χ0) is 7.82. The maximum Gasteiger partial charge on any atom is -0.00947 e. The summed E-state index contributed by atoms with van der Waals surface area (Å²) >= 11 is 0. The van der Waals surface area contributed by atoms with Crippen molar-refractivity contribution in [2.75, 3.05) is 0 Å². The largest absolute Gasteiger partial charge is 0.118 e. The van der Waals surface area contributed by atoms with Crippen LogP contribution in [0.4, 0.5) is 0 Å². The third kappa shape index (κ3) is 5.14. The summed E-state index contributed by atoms with van der Waals surface area (Å²) in [6.45, 7) is 6.02. The first-order valence-corrected chi connectivity index (χ1v) is 3.48. The Morgan fingerprint density at radius 1 is 1.20 bits per heavy atom. The van der Waals surface area contributed by atoms with E-state index in [1.165, 1.54) is 0 Å². The second-order valence-electron chi connectivity index (χ2n) is 2.02. The monoisotopic (exact) mass is 134 g/mol. The Balaban J connectivity index is 4.14. The van der Waals surface area contributed by atoms with Crippen LogP contribution in [-0.2, 0) is 0 Å². The van der Waals surface area contributed by atoms with E-state index < -0.39 is 0 Å². The molecular formula is C10H14. The molecule has 0 heteroatoms. The van der Waals surface area contributed by atoms with Gasteiger partial charge in [0, 0.05) is 0 Å². The van der Waals surface area contributed by atoms with Crippen LogP contribution in [0.5, 0.6) is 0 Å². The van der Waals surface area contributed by atoms with Crippen LogP contribution in [-0.4, -0.2) is 0 Å². The van der Waals surface area contributed by atoms with E-state index in [2.05, 4.69) is 5.73 Å². The maximum absolute atomic E-state index is 3.10. The van der Waals surface area contributed by atoms with Gasteiger partial charge < -0.3 is 0 Å². The third-order valence-corrected chi connectivity index (χ3v) is 1.02. The molecule has 0 aromatic heterocycles. The Hall–Kier alpha value is -1.00. The van der Waals surface area contributed by atoms with Gasteiger partial charge in [-0.3, -0.25) is 0 Å². The van der Waals surface area contributed by atoms with Crippen molar-refractivity contribution in [2.45, 2.75) is 20.8 Å². The zero-order valence-corrected chi connectivity index (χ0v) is 6.89.